The van der Waals surface area contributed by atoms with Gasteiger partial charge in [0.2, 0.25) is 0 Å². The Hall–Kier alpha value is -0.630. The third kappa shape index (κ3) is 5.03. The smallest absolute Gasteiger partial charge is 0.0321 e. The Kier molecular flexibility index (Phi) is 5.90. The maximum Gasteiger partial charge on any atom is 0.0321 e. The molecule has 1 aromatic rings. The van der Waals surface area contributed by atoms with Gasteiger partial charge in [-0.05, 0) is 49.5 Å². The Morgan fingerprint density at radius 2 is 2.12 bits per heavy atom. The van der Waals surface area contributed by atoms with Crippen molar-refractivity contribution in [1.29, 1.82) is 0 Å². The third-order valence-electron chi connectivity index (χ3n) is 2.03. The van der Waals surface area contributed by atoms with E-state index in [0.717, 1.165) is 15.9 Å². The van der Waals surface area contributed by atoms with E-state index in [4.69, 9.17) is 18.0 Å². The van der Waals surface area contributed by atoms with E-state index in [1.807, 2.05) is 44.2 Å². The minimum Gasteiger partial charge on any atom is -0.399 e. The quantitative estimate of drug-likeness (QED) is 0.227. The number of rotatable bonds is 4. The van der Waals surface area contributed by atoms with Crippen LogP contribution in [0.1, 0.15) is 13.8 Å². The summed E-state index contributed by atoms with van der Waals surface area (Å²) in [5, 5.41) is 1.11. The molecule has 0 heterocycles. The Labute approximate surface area is 115 Å². The van der Waals surface area contributed by atoms with Gasteiger partial charge in [0, 0.05) is 20.4 Å². The number of hydrogen-bond acceptors (Lipinski definition) is 3. The molecular weight excluding hydrogens is 265 g/mol. The van der Waals surface area contributed by atoms with E-state index in [1.165, 1.54) is 9.80 Å². The molecule has 0 amide bonds. The summed E-state index contributed by atoms with van der Waals surface area (Å²) in [6.45, 7) is 3.93. The Morgan fingerprint density at radius 1 is 1.41 bits per heavy atom. The number of nitrogens with two attached hydrogens (primary N) is 1. The Balaban J connectivity index is 2.85. The highest BCUT2D eigenvalue weighted by atomic mass is 32.2. The standard InChI is InChI=1S/C13H16NPS2/c1-3-11(6-4-9(2)16)17-13-7-5-10(14)8-12(13)15/h3-8H,14-15H2,1-2H3/b6-4-,11-3+. The van der Waals surface area contributed by atoms with Gasteiger partial charge in [-0.25, -0.2) is 0 Å². The summed E-state index contributed by atoms with van der Waals surface area (Å²) in [4.78, 5) is 3.24. The van der Waals surface area contributed by atoms with Crippen molar-refractivity contribution >= 4 is 49.1 Å². The Bertz CT molecular complexity index is 478. The molecule has 0 radical (unpaired) electrons. The lowest BCUT2D eigenvalue weighted by atomic mass is 10.3. The summed E-state index contributed by atoms with van der Waals surface area (Å²) < 4.78 is 0. The summed E-state index contributed by atoms with van der Waals surface area (Å²) in [5.74, 6) is 0. The van der Waals surface area contributed by atoms with Gasteiger partial charge in [0.1, 0.15) is 0 Å². The Morgan fingerprint density at radius 3 is 2.65 bits per heavy atom. The lowest BCUT2D eigenvalue weighted by Crippen LogP contribution is -1.98. The summed E-state index contributed by atoms with van der Waals surface area (Å²) in [5.41, 5.74) is 6.50. The molecule has 0 bridgehead atoms. The van der Waals surface area contributed by atoms with Crippen LogP contribution in [0.2, 0.25) is 0 Å². The molecule has 2 N–H and O–H groups in total. The highest BCUT2D eigenvalue weighted by molar-refractivity contribution is 8.03. The monoisotopic (exact) mass is 281 g/mol. The molecule has 90 valence electrons. The van der Waals surface area contributed by atoms with Crippen LogP contribution in [0.5, 0.6) is 0 Å². The first-order valence-electron chi connectivity index (χ1n) is 5.20. The highest BCUT2D eigenvalue weighted by Crippen LogP contribution is 2.28. The van der Waals surface area contributed by atoms with Crippen LogP contribution in [-0.4, -0.2) is 4.86 Å². The fourth-order valence-corrected chi connectivity index (χ4v) is 2.53. The van der Waals surface area contributed by atoms with E-state index in [2.05, 4.69) is 15.3 Å². The van der Waals surface area contributed by atoms with Gasteiger partial charge in [0.25, 0.3) is 0 Å². The number of thiocarbonyl (C=S) groups is 1. The van der Waals surface area contributed by atoms with Gasteiger partial charge in [-0.2, -0.15) is 0 Å². The average Bonchev–Trinajstić information content (AvgIpc) is 2.26. The van der Waals surface area contributed by atoms with E-state index in [0.29, 0.717) is 0 Å². The van der Waals surface area contributed by atoms with Gasteiger partial charge in [-0.3, -0.25) is 0 Å². The minimum absolute atomic E-state index is 0.784. The zero-order valence-corrected chi connectivity index (χ0v) is 12.7. The normalized spacial score (nSPS) is 12.1. The predicted molar refractivity (Wildman–Crippen MR) is 87.2 cm³/mol. The molecule has 0 aromatic heterocycles. The predicted octanol–water partition coefficient (Wildman–Crippen LogP) is 3.71. The van der Waals surface area contributed by atoms with Crippen LogP contribution in [0.3, 0.4) is 0 Å². The fourth-order valence-electron chi connectivity index (χ4n) is 1.18. The zero-order chi connectivity index (χ0) is 12.8. The number of thioether (sulfide) groups is 1. The van der Waals surface area contributed by atoms with Gasteiger partial charge < -0.3 is 5.73 Å². The van der Waals surface area contributed by atoms with Crippen LogP contribution in [0.15, 0.2) is 46.2 Å². The molecule has 1 nitrogen and oxygen atoms in total. The van der Waals surface area contributed by atoms with Crippen LogP contribution in [0.25, 0.3) is 0 Å². The molecule has 17 heavy (non-hydrogen) atoms. The minimum atomic E-state index is 0.784. The lowest BCUT2D eigenvalue weighted by Gasteiger charge is -2.06. The third-order valence-corrected chi connectivity index (χ3v) is 4.05. The molecular formula is C13H16NPS2. The van der Waals surface area contributed by atoms with E-state index in [-0.39, 0.29) is 0 Å². The van der Waals surface area contributed by atoms with E-state index < -0.39 is 0 Å². The van der Waals surface area contributed by atoms with Gasteiger partial charge in [-0.1, -0.05) is 30.1 Å². The molecule has 0 aliphatic heterocycles. The molecule has 0 saturated carbocycles. The van der Waals surface area contributed by atoms with Gasteiger partial charge in [0.05, 0.1) is 0 Å². The van der Waals surface area contributed by atoms with Crippen LogP contribution in [-0.2, 0) is 0 Å². The van der Waals surface area contributed by atoms with Crippen molar-refractivity contribution in [2.45, 2.75) is 18.7 Å². The second kappa shape index (κ2) is 6.95. The molecule has 0 fully saturated rings. The molecule has 0 spiro atoms. The van der Waals surface area contributed by atoms with Crippen LogP contribution in [0, 0.1) is 0 Å². The summed E-state index contributed by atoms with van der Waals surface area (Å²) in [6, 6.07) is 5.90. The topological polar surface area (TPSA) is 26.0 Å². The number of anilines is 1. The molecule has 1 rings (SSSR count). The second-order valence-electron chi connectivity index (χ2n) is 3.53. The van der Waals surface area contributed by atoms with Crippen molar-refractivity contribution in [2.24, 2.45) is 0 Å². The molecule has 0 aliphatic carbocycles. The first-order chi connectivity index (χ1) is 8.02. The maximum absolute atomic E-state index is 5.72. The van der Waals surface area contributed by atoms with Gasteiger partial charge in [-0.15, -0.1) is 9.24 Å². The van der Waals surface area contributed by atoms with E-state index in [9.17, 15) is 0 Å². The number of allylic oxidation sites excluding steroid dienone is 3. The van der Waals surface area contributed by atoms with Crippen molar-refractivity contribution in [2.75, 3.05) is 5.73 Å². The van der Waals surface area contributed by atoms with Crippen LogP contribution < -0.4 is 11.0 Å². The van der Waals surface area contributed by atoms with Crippen molar-refractivity contribution in [3.63, 3.8) is 0 Å². The van der Waals surface area contributed by atoms with Crippen molar-refractivity contribution in [3.8, 4) is 0 Å². The summed E-state index contributed by atoms with van der Waals surface area (Å²) in [7, 11) is 2.71. The van der Waals surface area contributed by atoms with Crippen molar-refractivity contribution in [1.82, 2.24) is 0 Å². The van der Waals surface area contributed by atoms with Crippen LogP contribution in [0.4, 0.5) is 5.69 Å². The maximum atomic E-state index is 5.72. The molecule has 0 saturated heterocycles. The first-order valence-corrected chi connectivity index (χ1v) is 7.01. The molecule has 1 atom stereocenters. The fraction of sp³-hybridized carbons (Fsp3) is 0.154. The number of benzene rings is 1. The molecule has 0 aliphatic rings. The van der Waals surface area contributed by atoms with Crippen LogP contribution >= 0.6 is 33.2 Å². The van der Waals surface area contributed by atoms with Gasteiger partial charge >= 0.3 is 0 Å². The van der Waals surface area contributed by atoms with Crippen molar-refractivity contribution < 1.29 is 0 Å². The van der Waals surface area contributed by atoms with Crippen molar-refractivity contribution in [3.05, 3.63) is 41.3 Å². The largest absolute Gasteiger partial charge is 0.399 e. The lowest BCUT2D eigenvalue weighted by molar-refractivity contribution is 1.53. The molecule has 4 heteroatoms. The number of hydrogen-bond donors (Lipinski definition) is 1. The highest BCUT2D eigenvalue weighted by Gasteiger charge is 2.01. The number of nitrogen functional groups attached to an aromatic ring is 1. The summed E-state index contributed by atoms with van der Waals surface area (Å²) >= 11 is 6.73. The van der Waals surface area contributed by atoms with Gasteiger partial charge in [0.15, 0.2) is 0 Å². The van der Waals surface area contributed by atoms with E-state index in [1.54, 1.807) is 11.8 Å². The molecule has 1 unspecified atom stereocenters. The SMILES string of the molecule is C/C=C(\C=C/C(C)=S)Sc1ccc(N)cc1P. The second-order valence-corrected chi connectivity index (χ2v) is 5.92. The first kappa shape index (κ1) is 14.4. The molecule has 1 aromatic carbocycles. The average molecular weight is 281 g/mol. The summed E-state index contributed by atoms with van der Waals surface area (Å²) in [6.07, 6.45) is 6.05. The zero-order valence-electron chi connectivity index (χ0n) is 9.94. The van der Waals surface area contributed by atoms with E-state index >= 15 is 0 Å².